The monoisotopic (exact) mass is 320 g/mol. The number of hydrogen-bond donors (Lipinski definition) is 5. The first-order valence-electron chi connectivity index (χ1n) is 6.12. The van der Waals surface area contributed by atoms with E-state index in [1.165, 1.54) is 0 Å². The van der Waals surface area contributed by atoms with Crippen molar-refractivity contribution in [1.29, 1.82) is 5.41 Å². The Hall–Kier alpha value is -2.87. The molecule has 0 radical (unpaired) electrons. The van der Waals surface area contributed by atoms with Gasteiger partial charge in [0.2, 0.25) is 0 Å². The first kappa shape index (κ1) is 15.5. The summed E-state index contributed by atoms with van der Waals surface area (Å²) in [6, 6.07) is 6.91. The van der Waals surface area contributed by atoms with Gasteiger partial charge in [-0.15, -0.1) is 0 Å². The van der Waals surface area contributed by atoms with Crippen molar-refractivity contribution < 1.29 is 9.90 Å². The minimum atomic E-state index is -1.38. The molecule has 1 aromatic carbocycles. The standard InChI is InChI=1S/C13H13ClN6O2/c1-17-9-8(6-3-2-4-7(14)5-6)18-12(19-10(9)15)11(16)20-13(21)22/h2-5,17H,1H3,(H2,16,20)(H,21,22)(H2,15,18,19). The molecule has 0 spiro atoms. The fraction of sp³-hybridized carbons (Fsp3) is 0.0769. The van der Waals surface area contributed by atoms with E-state index in [1.807, 2.05) is 5.32 Å². The Morgan fingerprint density at radius 2 is 2.14 bits per heavy atom. The van der Waals surface area contributed by atoms with Gasteiger partial charge in [-0.1, -0.05) is 23.7 Å². The van der Waals surface area contributed by atoms with Crippen molar-refractivity contribution in [3.8, 4) is 11.3 Å². The van der Waals surface area contributed by atoms with Crippen LogP contribution in [0.4, 0.5) is 16.3 Å². The molecule has 2 rings (SSSR count). The average molecular weight is 321 g/mol. The second kappa shape index (κ2) is 6.27. The van der Waals surface area contributed by atoms with Gasteiger partial charge in [0.05, 0.1) is 5.69 Å². The molecule has 0 saturated heterocycles. The SMILES string of the molecule is CNc1c(N)nc(C(=N)NC(=O)O)nc1-c1cccc(Cl)c1. The lowest BCUT2D eigenvalue weighted by Gasteiger charge is -2.13. The molecular formula is C13H13ClN6O2. The van der Waals surface area contributed by atoms with Crippen molar-refractivity contribution in [2.24, 2.45) is 0 Å². The van der Waals surface area contributed by atoms with Crippen LogP contribution in [0, 0.1) is 5.41 Å². The third-order valence-electron chi connectivity index (χ3n) is 2.74. The number of nitrogen functional groups attached to an aromatic ring is 1. The van der Waals surface area contributed by atoms with Crippen molar-refractivity contribution in [3.63, 3.8) is 0 Å². The number of rotatable bonds is 3. The summed E-state index contributed by atoms with van der Waals surface area (Å²) in [6.07, 6.45) is -1.38. The molecule has 2 aromatic rings. The Morgan fingerprint density at radius 3 is 2.73 bits per heavy atom. The first-order chi connectivity index (χ1) is 10.4. The van der Waals surface area contributed by atoms with Crippen molar-refractivity contribution in [3.05, 3.63) is 35.1 Å². The topological polar surface area (TPSA) is 137 Å². The van der Waals surface area contributed by atoms with Crippen LogP contribution in [0.1, 0.15) is 5.82 Å². The quantitative estimate of drug-likeness (QED) is 0.433. The van der Waals surface area contributed by atoms with Crippen molar-refractivity contribution in [1.82, 2.24) is 15.3 Å². The lowest BCUT2D eigenvalue weighted by molar-refractivity contribution is 0.200. The van der Waals surface area contributed by atoms with Gasteiger partial charge in [-0.25, -0.2) is 14.8 Å². The molecule has 22 heavy (non-hydrogen) atoms. The number of hydrogen-bond acceptors (Lipinski definition) is 6. The molecule has 1 heterocycles. The highest BCUT2D eigenvalue weighted by molar-refractivity contribution is 6.30. The lowest BCUT2D eigenvalue weighted by atomic mass is 10.1. The lowest BCUT2D eigenvalue weighted by Crippen LogP contribution is -2.30. The van der Waals surface area contributed by atoms with Crippen LogP contribution in [-0.4, -0.2) is 34.1 Å². The molecule has 1 amide bonds. The number of nitrogens with zero attached hydrogens (tertiary/aromatic N) is 2. The molecule has 0 unspecified atom stereocenters. The van der Waals surface area contributed by atoms with Crippen LogP contribution >= 0.6 is 11.6 Å². The fourth-order valence-electron chi connectivity index (χ4n) is 1.84. The Bertz CT molecular complexity index is 749. The smallest absolute Gasteiger partial charge is 0.410 e. The number of amides is 1. The van der Waals surface area contributed by atoms with E-state index in [0.717, 1.165) is 0 Å². The van der Waals surface area contributed by atoms with Gasteiger partial charge in [-0.3, -0.25) is 10.7 Å². The zero-order valence-corrected chi connectivity index (χ0v) is 12.3. The Labute approximate surface area is 130 Å². The van der Waals surface area contributed by atoms with Crippen LogP contribution < -0.4 is 16.4 Å². The maximum absolute atomic E-state index is 10.6. The number of amidine groups is 1. The van der Waals surface area contributed by atoms with Crippen LogP contribution in [0.15, 0.2) is 24.3 Å². The number of carboxylic acid groups (broad SMARTS) is 1. The molecule has 0 atom stereocenters. The summed E-state index contributed by atoms with van der Waals surface area (Å²) in [5.74, 6) is -0.501. The van der Waals surface area contributed by atoms with Crippen LogP contribution in [0.5, 0.6) is 0 Å². The summed E-state index contributed by atoms with van der Waals surface area (Å²) in [6.45, 7) is 0. The molecule has 0 aliphatic rings. The summed E-state index contributed by atoms with van der Waals surface area (Å²) >= 11 is 5.97. The van der Waals surface area contributed by atoms with E-state index in [4.69, 9.17) is 27.9 Å². The predicted octanol–water partition coefficient (Wildman–Crippen LogP) is 2.01. The second-order valence-electron chi connectivity index (χ2n) is 4.22. The van der Waals surface area contributed by atoms with Gasteiger partial charge in [0.25, 0.3) is 0 Å². The van der Waals surface area contributed by atoms with Gasteiger partial charge in [0, 0.05) is 17.6 Å². The van der Waals surface area contributed by atoms with Gasteiger partial charge in [0.15, 0.2) is 17.5 Å². The first-order valence-corrected chi connectivity index (χ1v) is 6.50. The highest BCUT2D eigenvalue weighted by Crippen LogP contribution is 2.31. The van der Waals surface area contributed by atoms with E-state index in [1.54, 1.807) is 31.3 Å². The largest absolute Gasteiger partial charge is 0.465 e. The molecule has 0 aliphatic heterocycles. The summed E-state index contributed by atoms with van der Waals surface area (Å²) in [4.78, 5) is 18.8. The van der Waals surface area contributed by atoms with Crippen LogP contribution in [0.2, 0.25) is 5.02 Å². The van der Waals surface area contributed by atoms with Crippen molar-refractivity contribution in [2.75, 3.05) is 18.1 Å². The number of carbonyl (C=O) groups is 1. The normalized spacial score (nSPS) is 10.1. The van der Waals surface area contributed by atoms with Gasteiger partial charge in [0.1, 0.15) is 5.69 Å². The minimum absolute atomic E-state index is 0.0967. The van der Waals surface area contributed by atoms with Crippen LogP contribution in [0.3, 0.4) is 0 Å². The number of aromatic nitrogens is 2. The number of benzene rings is 1. The van der Waals surface area contributed by atoms with Crippen molar-refractivity contribution in [2.45, 2.75) is 0 Å². The molecule has 0 saturated carbocycles. The Balaban J connectivity index is 2.58. The molecule has 6 N–H and O–H groups in total. The third-order valence-corrected chi connectivity index (χ3v) is 2.98. The van der Waals surface area contributed by atoms with Crippen molar-refractivity contribution >= 4 is 35.0 Å². The van der Waals surface area contributed by atoms with Gasteiger partial charge >= 0.3 is 6.09 Å². The molecule has 1 aromatic heterocycles. The van der Waals surface area contributed by atoms with E-state index < -0.39 is 11.9 Å². The van der Waals surface area contributed by atoms with Gasteiger partial charge in [-0.05, 0) is 12.1 Å². The summed E-state index contributed by atoms with van der Waals surface area (Å²) < 4.78 is 0. The number of anilines is 2. The number of nitrogens with one attached hydrogen (secondary N) is 3. The minimum Gasteiger partial charge on any atom is -0.465 e. The van der Waals surface area contributed by atoms with E-state index in [0.29, 0.717) is 22.0 Å². The zero-order valence-electron chi connectivity index (χ0n) is 11.5. The van der Waals surface area contributed by atoms with Crippen LogP contribution in [-0.2, 0) is 0 Å². The third kappa shape index (κ3) is 3.23. The van der Waals surface area contributed by atoms with Gasteiger partial charge < -0.3 is 16.2 Å². The van der Waals surface area contributed by atoms with E-state index in [-0.39, 0.29) is 11.6 Å². The highest BCUT2D eigenvalue weighted by Gasteiger charge is 2.17. The van der Waals surface area contributed by atoms with Crippen LogP contribution in [0.25, 0.3) is 11.3 Å². The second-order valence-corrected chi connectivity index (χ2v) is 4.66. The molecular weight excluding hydrogens is 308 g/mol. The number of nitrogens with two attached hydrogens (primary N) is 1. The van der Waals surface area contributed by atoms with E-state index in [2.05, 4.69) is 15.3 Å². The van der Waals surface area contributed by atoms with E-state index in [9.17, 15) is 4.79 Å². The fourth-order valence-corrected chi connectivity index (χ4v) is 2.03. The van der Waals surface area contributed by atoms with Gasteiger partial charge in [-0.2, -0.15) is 0 Å². The maximum atomic E-state index is 10.6. The molecule has 0 aliphatic carbocycles. The molecule has 0 bridgehead atoms. The number of halogens is 1. The van der Waals surface area contributed by atoms with E-state index >= 15 is 0 Å². The Morgan fingerprint density at radius 1 is 1.41 bits per heavy atom. The summed E-state index contributed by atoms with van der Waals surface area (Å²) in [5.41, 5.74) is 7.41. The predicted molar refractivity (Wildman–Crippen MR) is 84.4 cm³/mol. The molecule has 9 heteroatoms. The average Bonchev–Trinajstić information content (AvgIpc) is 2.45. The molecule has 114 valence electrons. The Kier molecular flexibility index (Phi) is 4.42. The zero-order chi connectivity index (χ0) is 16.3. The molecule has 0 fully saturated rings. The maximum Gasteiger partial charge on any atom is 0.410 e. The highest BCUT2D eigenvalue weighted by atomic mass is 35.5. The molecule has 8 nitrogen and oxygen atoms in total. The summed E-state index contributed by atoms with van der Waals surface area (Å²) in [7, 11) is 1.66. The summed E-state index contributed by atoms with van der Waals surface area (Å²) in [5, 5.41) is 21.6.